The minimum Gasteiger partial charge on any atom is -0.438 e. The smallest absolute Gasteiger partial charge is 0.242 e. The van der Waals surface area contributed by atoms with Gasteiger partial charge in [-0.1, -0.05) is 39.8 Å². The van der Waals surface area contributed by atoms with E-state index in [0.29, 0.717) is 17.5 Å². The van der Waals surface area contributed by atoms with E-state index in [2.05, 4.69) is 15.6 Å². The first-order chi connectivity index (χ1) is 12.7. The van der Waals surface area contributed by atoms with Crippen LogP contribution in [0.2, 0.25) is 0 Å². The van der Waals surface area contributed by atoms with Crippen LogP contribution in [0, 0.1) is 11.8 Å². The molecule has 1 aromatic carbocycles. The van der Waals surface area contributed by atoms with Crippen LogP contribution < -0.4 is 10.6 Å². The maximum absolute atomic E-state index is 12.5. The van der Waals surface area contributed by atoms with Crippen LogP contribution in [-0.4, -0.2) is 34.0 Å². The van der Waals surface area contributed by atoms with Gasteiger partial charge in [-0.05, 0) is 31.4 Å². The Balaban J connectivity index is 2.02. The molecule has 2 amide bonds. The molecule has 0 bridgehead atoms. The van der Waals surface area contributed by atoms with Crippen molar-refractivity contribution in [3.8, 4) is 0 Å². The van der Waals surface area contributed by atoms with E-state index >= 15 is 0 Å². The molecule has 0 saturated heterocycles. The van der Waals surface area contributed by atoms with Crippen molar-refractivity contribution in [3.05, 3.63) is 30.2 Å². The molecule has 148 valence electrons. The summed E-state index contributed by atoms with van der Waals surface area (Å²) in [5, 5.41) is 16.1. The van der Waals surface area contributed by atoms with Gasteiger partial charge in [-0.25, -0.2) is 4.98 Å². The minimum atomic E-state index is -1.08. The molecule has 1 aromatic heterocycles. The number of fused-ring (bicyclic) bond motifs is 1. The summed E-state index contributed by atoms with van der Waals surface area (Å²) in [6.07, 6.45) is -0.599. The normalized spacial score (nSPS) is 16.0. The molecule has 2 aromatic rings. The first-order valence-corrected chi connectivity index (χ1v) is 9.38. The van der Waals surface area contributed by atoms with Crippen LogP contribution in [0.15, 0.2) is 28.7 Å². The van der Waals surface area contributed by atoms with Gasteiger partial charge in [0.25, 0.3) is 0 Å². The molecule has 0 spiro atoms. The van der Waals surface area contributed by atoms with Gasteiger partial charge in [-0.2, -0.15) is 0 Å². The van der Waals surface area contributed by atoms with Crippen LogP contribution in [0.3, 0.4) is 0 Å². The van der Waals surface area contributed by atoms with Crippen LogP contribution in [0.5, 0.6) is 0 Å². The lowest BCUT2D eigenvalue weighted by Gasteiger charge is -2.24. The Morgan fingerprint density at radius 3 is 2.37 bits per heavy atom. The fourth-order valence-corrected chi connectivity index (χ4v) is 2.61. The molecular weight excluding hydrogens is 346 g/mol. The minimum absolute atomic E-state index is 0.161. The lowest BCUT2D eigenvalue weighted by molar-refractivity contribution is -0.132. The van der Waals surface area contributed by atoms with Gasteiger partial charge in [-0.15, -0.1) is 0 Å². The Bertz CT molecular complexity index is 753. The molecule has 0 fully saturated rings. The zero-order valence-electron chi connectivity index (χ0n) is 16.5. The standard InChI is InChI=1S/C20H29N3O4/c1-6-14(17(24)20-23-15-9-7-8-10-16(15)27-20)22-19(26)13(5)21-18(25)12(4)11(2)3/h7-14,17,24H,6H2,1-5H3,(H,21,25)(H,22,26)/t12-,13+,14-,17?/m1/s1. The third-order valence-electron chi connectivity index (χ3n) is 4.88. The second kappa shape index (κ2) is 8.99. The second-order valence-electron chi connectivity index (χ2n) is 7.25. The summed E-state index contributed by atoms with van der Waals surface area (Å²) in [4.78, 5) is 28.9. The van der Waals surface area contributed by atoms with Crippen LogP contribution >= 0.6 is 0 Å². The van der Waals surface area contributed by atoms with Gasteiger partial charge in [0.15, 0.2) is 11.7 Å². The number of oxazole rings is 1. The van der Waals surface area contributed by atoms with Crippen molar-refractivity contribution < 1.29 is 19.1 Å². The third kappa shape index (κ3) is 5.07. The highest BCUT2D eigenvalue weighted by Gasteiger charge is 2.28. The summed E-state index contributed by atoms with van der Waals surface area (Å²) in [6, 6.07) is 5.94. The van der Waals surface area contributed by atoms with Gasteiger partial charge >= 0.3 is 0 Å². The number of hydrogen-bond acceptors (Lipinski definition) is 5. The quantitative estimate of drug-likeness (QED) is 0.658. The number of carbonyl (C=O) groups excluding carboxylic acids is 2. The molecule has 1 heterocycles. The molecule has 7 nitrogen and oxygen atoms in total. The highest BCUT2D eigenvalue weighted by Crippen LogP contribution is 2.23. The number of nitrogens with zero attached hydrogens (tertiary/aromatic N) is 1. The summed E-state index contributed by atoms with van der Waals surface area (Å²) < 4.78 is 5.59. The Labute approximate surface area is 159 Å². The van der Waals surface area contributed by atoms with Gasteiger partial charge in [0.05, 0.1) is 6.04 Å². The van der Waals surface area contributed by atoms with Crippen molar-refractivity contribution in [1.82, 2.24) is 15.6 Å². The van der Waals surface area contributed by atoms with Gasteiger partial charge in [0.1, 0.15) is 11.6 Å². The SMILES string of the molecule is CC[C@@H](NC(=O)[C@H](C)NC(=O)[C@H](C)C(C)C)C(O)c1nc2ccccc2o1. The molecule has 7 heteroatoms. The van der Waals surface area contributed by atoms with E-state index in [1.54, 1.807) is 19.1 Å². The number of benzene rings is 1. The lowest BCUT2D eigenvalue weighted by Crippen LogP contribution is -2.50. The number of aliphatic hydroxyl groups excluding tert-OH is 1. The number of amides is 2. The molecule has 0 saturated carbocycles. The van der Waals surface area contributed by atoms with E-state index in [1.165, 1.54) is 0 Å². The first kappa shape index (κ1) is 20.9. The average molecular weight is 375 g/mol. The summed E-state index contributed by atoms with van der Waals surface area (Å²) in [7, 11) is 0. The largest absolute Gasteiger partial charge is 0.438 e. The molecule has 0 aliphatic carbocycles. The van der Waals surface area contributed by atoms with Crippen molar-refractivity contribution >= 4 is 22.9 Å². The number of aromatic nitrogens is 1. The van der Waals surface area contributed by atoms with Crippen molar-refractivity contribution in [1.29, 1.82) is 0 Å². The number of hydrogen-bond donors (Lipinski definition) is 3. The van der Waals surface area contributed by atoms with Crippen LogP contribution in [0.1, 0.15) is 53.0 Å². The molecule has 27 heavy (non-hydrogen) atoms. The number of para-hydroxylation sites is 2. The summed E-state index contributed by atoms with van der Waals surface area (Å²) in [5.74, 6) is -0.368. The zero-order valence-corrected chi connectivity index (χ0v) is 16.5. The topological polar surface area (TPSA) is 104 Å². The van der Waals surface area contributed by atoms with E-state index in [4.69, 9.17) is 4.42 Å². The van der Waals surface area contributed by atoms with Gasteiger partial charge in [0, 0.05) is 5.92 Å². The lowest BCUT2D eigenvalue weighted by atomic mass is 9.97. The molecule has 3 N–H and O–H groups in total. The Morgan fingerprint density at radius 2 is 1.78 bits per heavy atom. The second-order valence-corrected chi connectivity index (χ2v) is 7.25. The van der Waals surface area contributed by atoms with E-state index in [1.807, 2.05) is 39.8 Å². The number of rotatable bonds is 8. The maximum Gasteiger partial charge on any atom is 0.242 e. The van der Waals surface area contributed by atoms with E-state index in [-0.39, 0.29) is 29.5 Å². The molecule has 0 aliphatic heterocycles. The number of carbonyl (C=O) groups is 2. The number of nitrogens with one attached hydrogen (secondary N) is 2. The predicted octanol–water partition coefficient (Wildman–Crippen LogP) is 2.55. The van der Waals surface area contributed by atoms with Crippen molar-refractivity contribution in [2.24, 2.45) is 11.8 Å². The maximum atomic E-state index is 12.5. The fraction of sp³-hybridized carbons (Fsp3) is 0.550. The Kier molecular flexibility index (Phi) is 6.96. The fourth-order valence-electron chi connectivity index (χ4n) is 2.61. The summed E-state index contributed by atoms with van der Waals surface area (Å²) in [6.45, 7) is 9.22. The molecular formula is C20H29N3O4. The van der Waals surface area contributed by atoms with Crippen molar-refractivity contribution in [3.63, 3.8) is 0 Å². The highest BCUT2D eigenvalue weighted by molar-refractivity contribution is 5.88. The van der Waals surface area contributed by atoms with E-state index in [9.17, 15) is 14.7 Å². The Morgan fingerprint density at radius 1 is 1.11 bits per heavy atom. The summed E-state index contributed by atoms with van der Waals surface area (Å²) >= 11 is 0. The van der Waals surface area contributed by atoms with Crippen LogP contribution in [-0.2, 0) is 9.59 Å². The van der Waals surface area contributed by atoms with Gasteiger partial charge < -0.3 is 20.2 Å². The molecule has 0 radical (unpaired) electrons. The molecule has 2 rings (SSSR count). The molecule has 1 unspecified atom stereocenters. The first-order valence-electron chi connectivity index (χ1n) is 9.38. The van der Waals surface area contributed by atoms with Crippen LogP contribution in [0.25, 0.3) is 11.1 Å². The van der Waals surface area contributed by atoms with Gasteiger partial charge in [0.2, 0.25) is 17.7 Å². The third-order valence-corrected chi connectivity index (χ3v) is 4.88. The van der Waals surface area contributed by atoms with Crippen molar-refractivity contribution in [2.75, 3.05) is 0 Å². The monoisotopic (exact) mass is 375 g/mol. The highest BCUT2D eigenvalue weighted by atomic mass is 16.4. The molecule has 0 aliphatic rings. The molecule has 4 atom stereocenters. The number of aliphatic hydroxyl groups is 1. The van der Waals surface area contributed by atoms with Crippen molar-refractivity contribution in [2.45, 2.75) is 59.2 Å². The predicted molar refractivity (Wildman–Crippen MR) is 103 cm³/mol. The zero-order chi connectivity index (χ0) is 20.1. The van der Waals surface area contributed by atoms with Gasteiger partial charge in [-0.3, -0.25) is 9.59 Å². The summed E-state index contributed by atoms with van der Waals surface area (Å²) in [5.41, 5.74) is 1.23. The average Bonchev–Trinajstić information content (AvgIpc) is 3.08. The van der Waals surface area contributed by atoms with E-state index < -0.39 is 18.2 Å². The van der Waals surface area contributed by atoms with E-state index in [0.717, 1.165) is 0 Å². The van der Waals surface area contributed by atoms with Crippen LogP contribution in [0.4, 0.5) is 0 Å². The Hall–Kier alpha value is -2.41.